The molecule has 39 heavy (non-hydrogen) atoms. The molecule has 3 rings (SSSR count). The fourth-order valence-electron chi connectivity index (χ4n) is 4.07. The first-order chi connectivity index (χ1) is 18.1. The van der Waals surface area contributed by atoms with E-state index in [2.05, 4.69) is 5.32 Å². The molecule has 0 bridgehead atoms. The SMILES string of the molecule is Cc1cccc(C=CCOc2ccc(CCC3(NC(=O)OC(C)(C)C)COC(C)(C)OC3)cc2C(F)(F)F)c1. The zero-order chi connectivity index (χ0) is 28.9. The molecule has 0 radical (unpaired) electrons. The van der Waals surface area contributed by atoms with Crippen molar-refractivity contribution in [3.05, 3.63) is 70.8 Å². The van der Waals surface area contributed by atoms with E-state index < -0.39 is 34.8 Å². The average Bonchev–Trinajstić information content (AvgIpc) is 2.81. The summed E-state index contributed by atoms with van der Waals surface area (Å²) >= 11 is 0. The van der Waals surface area contributed by atoms with E-state index in [1.165, 1.54) is 6.07 Å². The van der Waals surface area contributed by atoms with Crippen LogP contribution in [0, 0.1) is 6.92 Å². The Morgan fingerprint density at radius 3 is 2.38 bits per heavy atom. The van der Waals surface area contributed by atoms with Crippen molar-refractivity contribution in [3.63, 3.8) is 0 Å². The Balaban J connectivity index is 1.72. The van der Waals surface area contributed by atoms with Crippen LogP contribution in [0.15, 0.2) is 48.5 Å². The molecule has 1 heterocycles. The van der Waals surface area contributed by atoms with Gasteiger partial charge in [0.2, 0.25) is 0 Å². The van der Waals surface area contributed by atoms with Gasteiger partial charge in [-0.05, 0) is 83.7 Å². The minimum Gasteiger partial charge on any atom is -0.489 e. The second-order valence-corrected chi connectivity index (χ2v) is 11.3. The molecule has 1 N–H and O–H groups in total. The third-order valence-corrected chi connectivity index (χ3v) is 6.09. The summed E-state index contributed by atoms with van der Waals surface area (Å²) in [5, 5.41) is 2.84. The highest BCUT2D eigenvalue weighted by atomic mass is 19.4. The van der Waals surface area contributed by atoms with E-state index >= 15 is 0 Å². The number of hydrogen-bond donors (Lipinski definition) is 1. The molecule has 0 aliphatic carbocycles. The minimum atomic E-state index is -4.60. The van der Waals surface area contributed by atoms with Crippen LogP contribution in [0.5, 0.6) is 5.75 Å². The molecule has 6 nitrogen and oxygen atoms in total. The molecule has 0 saturated carbocycles. The first-order valence-electron chi connectivity index (χ1n) is 12.9. The van der Waals surface area contributed by atoms with Gasteiger partial charge in [-0.15, -0.1) is 0 Å². The number of halogens is 3. The quantitative estimate of drug-likeness (QED) is 0.381. The van der Waals surface area contributed by atoms with Crippen molar-refractivity contribution >= 4 is 12.2 Å². The van der Waals surface area contributed by atoms with E-state index in [9.17, 15) is 18.0 Å². The van der Waals surface area contributed by atoms with Gasteiger partial charge >= 0.3 is 12.3 Å². The third kappa shape index (κ3) is 9.58. The van der Waals surface area contributed by atoms with E-state index in [0.717, 1.165) is 17.2 Å². The van der Waals surface area contributed by atoms with Crippen LogP contribution >= 0.6 is 0 Å². The second-order valence-electron chi connectivity index (χ2n) is 11.3. The Kier molecular flexibility index (Phi) is 9.39. The van der Waals surface area contributed by atoms with Crippen molar-refractivity contribution in [1.82, 2.24) is 5.32 Å². The molecule has 1 amide bonds. The Morgan fingerprint density at radius 2 is 1.77 bits per heavy atom. The summed E-state index contributed by atoms with van der Waals surface area (Å²) in [5.74, 6) is -1.08. The van der Waals surface area contributed by atoms with Gasteiger partial charge in [-0.2, -0.15) is 13.2 Å². The van der Waals surface area contributed by atoms with Crippen LogP contribution in [0.3, 0.4) is 0 Å². The standard InChI is InChI=1S/C30H38F3NO5/c1-21-9-7-10-22(17-21)11-8-16-36-25-13-12-23(18-24(25)30(31,32)33)14-15-29(19-37-28(5,6)38-20-29)34-26(35)39-27(2,3)4/h7-13,17-18H,14-16,19-20H2,1-6H3,(H,34,35). The minimum absolute atomic E-state index is 0.0102. The van der Waals surface area contributed by atoms with Crippen molar-refractivity contribution in [2.24, 2.45) is 0 Å². The fourth-order valence-corrected chi connectivity index (χ4v) is 4.07. The number of carbonyl (C=O) groups is 1. The van der Waals surface area contributed by atoms with E-state index in [0.29, 0.717) is 5.56 Å². The number of alkyl halides is 3. The van der Waals surface area contributed by atoms with Gasteiger partial charge < -0.3 is 24.3 Å². The maximum absolute atomic E-state index is 13.9. The molecule has 2 aromatic rings. The van der Waals surface area contributed by atoms with E-state index in [1.807, 2.05) is 31.2 Å². The highest BCUT2D eigenvalue weighted by molar-refractivity contribution is 5.69. The number of amides is 1. The first-order valence-corrected chi connectivity index (χ1v) is 12.9. The van der Waals surface area contributed by atoms with Crippen molar-refractivity contribution in [2.75, 3.05) is 19.8 Å². The molecule has 2 aromatic carbocycles. The number of rotatable bonds is 8. The predicted molar refractivity (Wildman–Crippen MR) is 144 cm³/mol. The first kappa shape index (κ1) is 30.5. The monoisotopic (exact) mass is 549 g/mol. The Morgan fingerprint density at radius 1 is 1.08 bits per heavy atom. The van der Waals surface area contributed by atoms with Crippen LogP contribution < -0.4 is 10.1 Å². The molecule has 0 unspecified atom stereocenters. The molecule has 1 fully saturated rings. The summed E-state index contributed by atoms with van der Waals surface area (Å²) in [6, 6.07) is 11.8. The highest BCUT2D eigenvalue weighted by Crippen LogP contribution is 2.37. The molecule has 9 heteroatoms. The van der Waals surface area contributed by atoms with Gasteiger partial charge in [-0.1, -0.05) is 42.0 Å². The lowest BCUT2D eigenvalue weighted by molar-refractivity contribution is -0.271. The summed E-state index contributed by atoms with van der Waals surface area (Å²) < 4.78 is 64.2. The maximum Gasteiger partial charge on any atom is 0.419 e. The van der Waals surface area contributed by atoms with Gasteiger partial charge in [-0.3, -0.25) is 0 Å². The Labute approximate surface area is 228 Å². The van der Waals surface area contributed by atoms with Crippen molar-refractivity contribution < 1.29 is 36.9 Å². The van der Waals surface area contributed by atoms with Gasteiger partial charge in [0, 0.05) is 0 Å². The lowest BCUT2D eigenvalue weighted by Crippen LogP contribution is -2.61. The molecule has 214 valence electrons. The number of ether oxygens (including phenoxy) is 4. The number of nitrogens with one attached hydrogen (secondary N) is 1. The molecule has 0 aromatic heterocycles. The third-order valence-electron chi connectivity index (χ3n) is 6.09. The van der Waals surface area contributed by atoms with Crippen LogP contribution in [0.2, 0.25) is 0 Å². The van der Waals surface area contributed by atoms with Crippen molar-refractivity contribution in [2.45, 2.75) is 77.5 Å². The van der Waals surface area contributed by atoms with Crippen LogP contribution in [0.4, 0.5) is 18.0 Å². The molecule has 0 spiro atoms. The zero-order valence-electron chi connectivity index (χ0n) is 23.4. The summed E-state index contributed by atoms with van der Waals surface area (Å²) in [7, 11) is 0. The van der Waals surface area contributed by atoms with Crippen molar-refractivity contribution in [1.29, 1.82) is 0 Å². The smallest absolute Gasteiger partial charge is 0.419 e. The van der Waals surface area contributed by atoms with Crippen LogP contribution in [0.1, 0.15) is 63.3 Å². The second kappa shape index (κ2) is 12.0. The fraction of sp³-hybridized carbons (Fsp3) is 0.500. The van der Waals surface area contributed by atoms with Gasteiger partial charge in [0.1, 0.15) is 18.0 Å². The van der Waals surface area contributed by atoms with Crippen LogP contribution in [-0.4, -0.2) is 42.8 Å². The lowest BCUT2D eigenvalue weighted by atomic mass is 9.91. The summed E-state index contributed by atoms with van der Waals surface area (Å²) in [5.41, 5.74) is -0.0562. The zero-order valence-corrected chi connectivity index (χ0v) is 23.4. The number of aryl methyl sites for hydroxylation is 2. The average molecular weight is 550 g/mol. The van der Waals surface area contributed by atoms with Crippen LogP contribution in [-0.2, 0) is 26.8 Å². The topological polar surface area (TPSA) is 66.0 Å². The summed E-state index contributed by atoms with van der Waals surface area (Å²) in [4.78, 5) is 12.6. The number of alkyl carbamates (subject to hydrolysis) is 1. The Hall–Kier alpha value is -3.04. The molecule has 1 saturated heterocycles. The number of benzene rings is 2. The maximum atomic E-state index is 13.9. The molecule has 0 atom stereocenters. The largest absolute Gasteiger partial charge is 0.489 e. The molecule has 1 aliphatic heterocycles. The lowest BCUT2D eigenvalue weighted by Gasteiger charge is -2.44. The van der Waals surface area contributed by atoms with Gasteiger partial charge in [-0.25, -0.2) is 4.79 Å². The van der Waals surface area contributed by atoms with Gasteiger partial charge in [0.25, 0.3) is 0 Å². The number of hydrogen-bond acceptors (Lipinski definition) is 5. The van der Waals surface area contributed by atoms with E-state index in [-0.39, 0.29) is 38.4 Å². The van der Waals surface area contributed by atoms with E-state index in [1.54, 1.807) is 52.8 Å². The Bertz CT molecular complexity index is 1160. The predicted octanol–water partition coefficient (Wildman–Crippen LogP) is 7.09. The normalized spacial score (nSPS) is 17.2. The summed E-state index contributed by atoms with van der Waals surface area (Å²) in [6.07, 6.45) is -1.24. The highest BCUT2D eigenvalue weighted by Gasteiger charge is 2.42. The van der Waals surface area contributed by atoms with Gasteiger partial charge in [0.15, 0.2) is 5.79 Å². The molecular weight excluding hydrogens is 511 g/mol. The molecular formula is C30H38F3NO5. The van der Waals surface area contributed by atoms with E-state index in [4.69, 9.17) is 18.9 Å². The number of carbonyl (C=O) groups excluding carboxylic acids is 1. The van der Waals surface area contributed by atoms with Crippen molar-refractivity contribution in [3.8, 4) is 5.75 Å². The van der Waals surface area contributed by atoms with Crippen LogP contribution in [0.25, 0.3) is 6.08 Å². The molecule has 1 aliphatic rings. The van der Waals surface area contributed by atoms with Gasteiger partial charge in [0.05, 0.1) is 24.3 Å². The summed E-state index contributed by atoms with van der Waals surface area (Å²) in [6.45, 7) is 11.0.